The molecule has 35 heavy (non-hydrogen) atoms. The average Bonchev–Trinajstić information content (AvgIpc) is 2.86. The largest absolute Gasteiger partial charge is 0.478 e. The lowest BCUT2D eigenvalue weighted by Gasteiger charge is -2.32. The number of amidine groups is 1. The van der Waals surface area contributed by atoms with Crippen LogP contribution in [0.4, 0.5) is 24.7 Å². The molecule has 6 nitrogen and oxygen atoms in total. The number of aromatic carboxylic acids is 1. The third kappa shape index (κ3) is 5.55. The van der Waals surface area contributed by atoms with Crippen molar-refractivity contribution in [2.24, 2.45) is 4.99 Å². The summed E-state index contributed by atoms with van der Waals surface area (Å²) in [7, 11) is 1.75. The van der Waals surface area contributed by atoms with Gasteiger partial charge in [-0.3, -0.25) is 0 Å². The minimum absolute atomic E-state index is 0.0703. The number of alkyl halides is 3. The topological polar surface area (TPSA) is 77.8 Å². The van der Waals surface area contributed by atoms with E-state index < -0.39 is 17.7 Å². The SMILES string of the molecule is C=C1c2cc(C(F)(F)F)cc(CNc3ncccc3C(=O)O)c2N=C(C2=CCCCC2)N1C.CC. The molecule has 0 unspecified atom stereocenters. The van der Waals surface area contributed by atoms with Crippen LogP contribution in [0.25, 0.3) is 5.70 Å². The Morgan fingerprint density at radius 3 is 2.63 bits per heavy atom. The van der Waals surface area contributed by atoms with Crippen molar-refractivity contribution in [2.45, 2.75) is 52.3 Å². The summed E-state index contributed by atoms with van der Waals surface area (Å²) in [5, 5.41) is 12.2. The lowest BCUT2D eigenvalue weighted by molar-refractivity contribution is -0.137. The molecular weight excluding hydrogens is 457 g/mol. The fraction of sp³-hybridized carbons (Fsp3) is 0.346. The first kappa shape index (κ1) is 26.0. The molecular formula is C26H29F3N4O2. The molecule has 1 aliphatic carbocycles. The van der Waals surface area contributed by atoms with E-state index in [-0.39, 0.29) is 23.5 Å². The van der Waals surface area contributed by atoms with Gasteiger partial charge in [-0.05, 0) is 61.1 Å². The van der Waals surface area contributed by atoms with Gasteiger partial charge in [0.05, 0.1) is 11.3 Å². The zero-order chi connectivity index (χ0) is 25.8. The van der Waals surface area contributed by atoms with E-state index in [4.69, 9.17) is 4.99 Å². The van der Waals surface area contributed by atoms with Crippen molar-refractivity contribution in [1.29, 1.82) is 0 Å². The summed E-state index contributed by atoms with van der Waals surface area (Å²) in [6.45, 7) is 7.95. The third-order valence-corrected chi connectivity index (χ3v) is 5.83. The number of benzene rings is 1. The summed E-state index contributed by atoms with van der Waals surface area (Å²) in [4.78, 5) is 22.0. The van der Waals surface area contributed by atoms with Gasteiger partial charge in [-0.1, -0.05) is 26.5 Å². The second-order valence-electron chi connectivity index (χ2n) is 8.00. The monoisotopic (exact) mass is 486 g/mol. The van der Waals surface area contributed by atoms with Gasteiger partial charge in [0.1, 0.15) is 17.2 Å². The molecule has 2 aliphatic rings. The highest BCUT2D eigenvalue weighted by Gasteiger charge is 2.34. The van der Waals surface area contributed by atoms with Gasteiger partial charge >= 0.3 is 12.1 Å². The number of rotatable bonds is 5. The third-order valence-electron chi connectivity index (χ3n) is 5.83. The van der Waals surface area contributed by atoms with Gasteiger partial charge in [-0.2, -0.15) is 13.2 Å². The zero-order valence-electron chi connectivity index (χ0n) is 20.0. The zero-order valence-corrected chi connectivity index (χ0v) is 20.0. The summed E-state index contributed by atoms with van der Waals surface area (Å²) in [5.74, 6) is -0.435. The molecule has 0 saturated heterocycles. The number of fused-ring (bicyclic) bond motifs is 1. The highest BCUT2D eigenvalue weighted by molar-refractivity contribution is 6.07. The van der Waals surface area contributed by atoms with Crippen LogP contribution in [0, 0.1) is 0 Å². The Kier molecular flexibility index (Phi) is 7.99. The predicted octanol–water partition coefficient (Wildman–Crippen LogP) is 6.88. The standard InChI is InChI=1S/C24H23F3N4O2.C2H6/c1-14-19-12-17(24(25,26)27)11-16(13-29-21-18(23(32)33)9-6-10-28-21)20(19)30-22(31(14)2)15-7-4-3-5-8-15;1-2/h6-7,9-12H,1,3-5,8,13H2,2H3,(H,28,29)(H,32,33);1-2H3. The molecule has 1 aliphatic heterocycles. The quantitative estimate of drug-likeness (QED) is 0.482. The first-order valence-corrected chi connectivity index (χ1v) is 11.5. The molecule has 1 aromatic carbocycles. The minimum Gasteiger partial charge on any atom is -0.478 e. The number of hydrogen-bond donors (Lipinski definition) is 2. The van der Waals surface area contributed by atoms with Crippen LogP contribution in [0.2, 0.25) is 0 Å². The van der Waals surface area contributed by atoms with Crippen molar-refractivity contribution in [2.75, 3.05) is 12.4 Å². The fourth-order valence-corrected chi connectivity index (χ4v) is 4.06. The fourth-order valence-electron chi connectivity index (χ4n) is 4.06. The molecule has 9 heteroatoms. The van der Waals surface area contributed by atoms with Crippen LogP contribution in [0.3, 0.4) is 0 Å². The van der Waals surface area contributed by atoms with Gasteiger partial charge in [0, 0.05) is 31.0 Å². The first-order valence-electron chi connectivity index (χ1n) is 11.5. The molecule has 0 fully saturated rings. The summed E-state index contributed by atoms with van der Waals surface area (Å²) < 4.78 is 41.0. The maximum atomic E-state index is 13.7. The van der Waals surface area contributed by atoms with E-state index in [1.807, 2.05) is 13.8 Å². The van der Waals surface area contributed by atoms with E-state index >= 15 is 0 Å². The molecule has 0 amide bonds. The van der Waals surface area contributed by atoms with E-state index in [1.54, 1.807) is 11.9 Å². The number of hydrogen-bond acceptors (Lipinski definition) is 5. The van der Waals surface area contributed by atoms with Crippen LogP contribution in [0.1, 0.15) is 66.6 Å². The number of anilines is 1. The lowest BCUT2D eigenvalue weighted by Crippen LogP contribution is -2.30. The Morgan fingerprint density at radius 2 is 2.00 bits per heavy atom. The maximum absolute atomic E-state index is 13.7. The van der Waals surface area contributed by atoms with Crippen molar-refractivity contribution in [3.05, 3.63) is 70.9 Å². The van der Waals surface area contributed by atoms with Crippen LogP contribution in [0.15, 0.2) is 53.7 Å². The van der Waals surface area contributed by atoms with Crippen LogP contribution in [-0.4, -0.2) is 33.8 Å². The Balaban J connectivity index is 0.00000167. The van der Waals surface area contributed by atoms with Crippen molar-refractivity contribution in [1.82, 2.24) is 9.88 Å². The molecule has 0 atom stereocenters. The molecule has 1 aromatic heterocycles. The predicted molar refractivity (Wildman–Crippen MR) is 132 cm³/mol. The second kappa shape index (κ2) is 10.8. The molecule has 2 heterocycles. The summed E-state index contributed by atoms with van der Waals surface area (Å²) in [6.07, 6.45) is 2.87. The lowest BCUT2D eigenvalue weighted by atomic mass is 9.94. The van der Waals surface area contributed by atoms with E-state index in [9.17, 15) is 23.1 Å². The average molecular weight is 487 g/mol. The number of likely N-dealkylation sites (N-methyl/N-ethyl adjacent to an activating group) is 1. The summed E-state index contributed by atoms with van der Waals surface area (Å²) >= 11 is 0. The minimum atomic E-state index is -4.56. The molecule has 0 radical (unpaired) electrons. The molecule has 0 saturated carbocycles. The number of aliphatic imine (C=N–C) groups is 1. The molecule has 4 rings (SSSR count). The van der Waals surface area contributed by atoms with E-state index in [0.717, 1.165) is 43.4 Å². The van der Waals surface area contributed by atoms with Crippen molar-refractivity contribution in [3.8, 4) is 0 Å². The summed E-state index contributed by atoms with van der Waals surface area (Å²) in [5.41, 5.74) is 1.56. The van der Waals surface area contributed by atoms with Crippen molar-refractivity contribution < 1.29 is 23.1 Å². The van der Waals surface area contributed by atoms with Crippen molar-refractivity contribution >= 4 is 29.0 Å². The number of aromatic nitrogens is 1. The number of carboxylic acids is 1. The number of carbonyl (C=O) groups is 1. The Hall–Kier alpha value is -3.62. The van der Waals surface area contributed by atoms with Gasteiger partial charge in [0.2, 0.25) is 0 Å². The van der Waals surface area contributed by atoms with Crippen LogP contribution in [0.5, 0.6) is 0 Å². The molecule has 0 spiro atoms. The number of pyridine rings is 1. The number of nitrogens with one attached hydrogen (secondary N) is 1. The van der Waals surface area contributed by atoms with E-state index in [2.05, 4.69) is 23.0 Å². The van der Waals surface area contributed by atoms with Crippen molar-refractivity contribution in [3.63, 3.8) is 0 Å². The number of carboxylic acid groups (broad SMARTS) is 1. The maximum Gasteiger partial charge on any atom is 0.416 e. The smallest absolute Gasteiger partial charge is 0.416 e. The van der Waals surface area contributed by atoms with Gasteiger partial charge in [0.15, 0.2) is 0 Å². The Labute approximate surface area is 202 Å². The normalized spacial score (nSPS) is 15.4. The highest BCUT2D eigenvalue weighted by Crippen LogP contribution is 2.42. The van der Waals surface area contributed by atoms with E-state index in [1.165, 1.54) is 18.3 Å². The number of allylic oxidation sites excluding steroid dienone is 1. The molecule has 186 valence electrons. The molecule has 2 aromatic rings. The number of halogens is 3. The van der Waals surface area contributed by atoms with Gasteiger partial charge < -0.3 is 15.3 Å². The highest BCUT2D eigenvalue weighted by atomic mass is 19.4. The van der Waals surface area contributed by atoms with Crippen LogP contribution in [-0.2, 0) is 12.7 Å². The van der Waals surface area contributed by atoms with Crippen LogP contribution >= 0.6 is 0 Å². The first-order chi connectivity index (χ1) is 16.7. The summed E-state index contributed by atoms with van der Waals surface area (Å²) in [6, 6.07) is 4.97. The second-order valence-corrected chi connectivity index (χ2v) is 8.00. The van der Waals surface area contributed by atoms with Gasteiger partial charge in [-0.15, -0.1) is 0 Å². The Morgan fingerprint density at radius 1 is 1.26 bits per heavy atom. The van der Waals surface area contributed by atoms with E-state index in [0.29, 0.717) is 22.8 Å². The molecule has 2 N–H and O–H groups in total. The molecule has 0 bridgehead atoms. The number of nitrogens with zero attached hydrogens (tertiary/aromatic N) is 3. The van der Waals surface area contributed by atoms with Gasteiger partial charge in [-0.25, -0.2) is 14.8 Å². The van der Waals surface area contributed by atoms with Gasteiger partial charge in [0.25, 0.3) is 0 Å². The van der Waals surface area contributed by atoms with Crippen LogP contribution < -0.4 is 5.32 Å². The Bertz CT molecular complexity index is 1190.